The molecule has 1 N–H and O–H groups in total. The number of hydrogen-bond donors (Lipinski definition) is 1. The summed E-state index contributed by atoms with van der Waals surface area (Å²) in [6.45, 7) is 0. The van der Waals surface area contributed by atoms with Gasteiger partial charge >= 0.3 is 5.97 Å². The van der Waals surface area contributed by atoms with E-state index in [1.807, 2.05) is 0 Å². The van der Waals surface area contributed by atoms with E-state index in [9.17, 15) is 25.0 Å². The lowest BCUT2D eigenvalue weighted by atomic mass is 10.1. The molecule has 0 aromatic heterocycles. The van der Waals surface area contributed by atoms with Crippen LogP contribution in [0.2, 0.25) is 0 Å². The van der Waals surface area contributed by atoms with E-state index in [0.717, 1.165) is 19.2 Å². The summed E-state index contributed by atoms with van der Waals surface area (Å²) in [5.41, 5.74) is -2.74. The highest BCUT2D eigenvalue weighted by molar-refractivity contribution is 5.97. The molecule has 9 heteroatoms. The third kappa shape index (κ3) is 2.27. The van der Waals surface area contributed by atoms with Crippen molar-refractivity contribution in [3.63, 3.8) is 0 Å². The summed E-state index contributed by atoms with van der Waals surface area (Å²) in [4.78, 5) is 30.0. The van der Waals surface area contributed by atoms with Gasteiger partial charge in [-0.25, -0.2) is 4.79 Å². The fourth-order valence-corrected chi connectivity index (χ4v) is 1.21. The number of ether oxygens (including phenoxy) is 1. The summed E-state index contributed by atoms with van der Waals surface area (Å²) in [6.07, 6.45) is 0. The molecule has 1 rings (SSSR count). The topological polar surface area (TPSA) is 133 Å². The van der Waals surface area contributed by atoms with E-state index < -0.39 is 32.8 Å². The maximum atomic E-state index is 10.8. The van der Waals surface area contributed by atoms with Crippen molar-refractivity contribution < 1.29 is 24.5 Å². The van der Waals surface area contributed by atoms with Crippen LogP contribution in [-0.2, 0) is 0 Å². The van der Waals surface area contributed by atoms with Gasteiger partial charge in [0.25, 0.3) is 11.4 Å². The zero-order valence-electron chi connectivity index (χ0n) is 8.45. The number of carboxylic acid groups (broad SMARTS) is 1. The van der Waals surface area contributed by atoms with Crippen LogP contribution in [0.25, 0.3) is 0 Å². The van der Waals surface area contributed by atoms with Crippen molar-refractivity contribution in [2.75, 3.05) is 7.11 Å². The first kappa shape index (κ1) is 12.4. The van der Waals surface area contributed by atoms with Gasteiger partial charge < -0.3 is 9.84 Å². The van der Waals surface area contributed by atoms with Gasteiger partial charge in [0.2, 0.25) is 5.56 Å². The second kappa shape index (κ2) is 4.43. The maximum absolute atomic E-state index is 10.8. The minimum Gasteiger partial charge on any atom is -0.496 e. The highest BCUT2D eigenvalue weighted by atomic mass is 16.6. The third-order valence-corrected chi connectivity index (χ3v) is 1.91. The smallest absolute Gasteiger partial charge is 0.349 e. The molecule has 0 fully saturated rings. The second-order valence-electron chi connectivity index (χ2n) is 2.86. The molecule has 0 saturated heterocycles. The number of benzene rings is 1. The number of methoxy groups -OCH3 is 1. The molecule has 0 radical (unpaired) electrons. The lowest BCUT2D eigenvalue weighted by Crippen LogP contribution is -2.07. The predicted octanol–water partition coefficient (Wildman–Crippen LogP) is 1.21. The van der Waals surface area contributed by atoms with Crippen LogP contribution < -0.4 is 4.74 Å². The van der Waals surface area contributed by atoms with Gasteiger partial charge in [-0.15, -0.1) is 0 Å². The Balaban J connectivity index is 3.67. The Bertz CT molecular complexity index is 476. The van der Waals surface area contributed by atoms with Crippen molar-refractivity contribution in [3.8, 4) is 5.75 Å². The van der Waals surface area contributed by atoms with Gasteiger partial charge in [-0.3, -0.25) is 20.2 Å². The minimum absolute atomic E-state index is 0.159. The van der Waals surface area contributed by atoms with Crippen LogP contribution in [0.5, 0.6) is 5.75 Å². The highest BCUT2D eigenvalue weighted by Gasteiger charge is 2.32. The van der Waals surface area contributed by atoms with E-state index in [2.05, 4.69) is 4.74 Å². The number of nitrogens with zero attached hydrogens (tertiary/aromatic N) is 2. The summed E-state index contributed by atoms with van der Waals surface area (Å²) in [7, 11) is 1.16. The van der Waals surface area contributed by atoms with E-state index >= 15 is 0 Å². The molecule has 0 heterocycles. The van der Waals surface area contributed by atoms with Crippen molar-refractivity contribution in [1.82, 2.24) is 0 Å². The first-order valence-corrected chi connectivity index (χ1v) is 4.12. The largest absolute Gasteiger partial charge is 0.496 e. The van der Waals surface area contributed by atoms with E-state index in [1.54, 1.807) is 0 Å². The molecule has 9 nitrogen and oxygen atoms in total. The van der Waals surface area contributed by atoms with Gasteiger partial charge in [0, 0.05) is 0 Å². The number of hydrogen-bond acceptors (Lipinski definition) is 6. The molecule has 0 amide bonds. The molecule has 0 unspecified atom stereocenters. The first-order chi connectivity index (χ1) is 7.88. The molecule has 1 aromatic rings. The molecule has 17 heavy (non-hydrogen) atoms. The van der Waals surface area contributed by atoms with Gasteiger partial charge in [0.15, 0.2) is 0 Å². The number of nitro benzene ring substituents is 2. The van der Waals surface area contributed by atoms with Crippen LogP contribution in [0.15, 0.2) is 12.1 Å². The molecule has 0 aliphatic carbocycles. The fourth-order valence-electron chi connectivity index (χ4n) is 1.21. The number of aromatic carboxylic acids is 1. The number of carbonyl (C=O) groups is 1. The van der Waals surface area contributed by atoms with Crippen molar-refractivity contribution in [2.45, 2.75) is 0 Å². The normalized spacial score (nSPS) is 9.71. The molecular weight excluding hydrogens is 236 g/mol. The Kier molecular flexibility index (Phi) is 3.22. The van der Waals surface area contributed by atoms with Crippen LogP contribution in [-0.4, -0.2) is 28.0 Å². The van der Waals surface area contributed by atoms with Crippen molar-refractivity contribution in [1.29, 1.82) is 0 Å². The van der Waals surface area contributed by atoms with Gasteiger partial charge in [-0.2, -0.15) is 0 Å². The van der Waals surface area contributed by atoms with Crippen LogP contribution >= 0.6 is 0 Å². The van der Waals surface area contributed by atoms with Gasteiger partial charge in [-0.05, 0) is 0 Å². The summed E-state index contributed by atoms with van der Waals surface area (Å²) >= 11 is 0. The van der Waals surface area contributed by atoms with Gasteiger partial charge in [-0.1, -0.05) is 0 Å². The van der Waals surface area contributed by atoms with E-state index in [1.165, 1.54) is 0 Å². The Hall–Kier alpha value is -2.71. The van der Waals surface area contributed by atoms with Gasteiger partial charge in [0.05, 0.1) is 29.1 Å². The van der Waals surface area contributed by atoms with Crippen molar-refractivity contribution in [3.05, 3.63) is 37.9 Å². The molecule has 1 aromatic carbocycles. The van der Waals surface area contributed by atoms with Gasteiger partial charge in [0.1, 0.15) is 5.75 Å². The summed E-state index contributed by atoms with van der Waals surface area (Å²) in [5, 5.41) is 30.0. The van der Waals surface area contributed by atoms with E-state index in [4.69, 9.17) is 5.11 Å². The monoisotopic (exact) mass is 242 g/mol. The number of carboxylic acids is 1. The molecule has 0 saturated carbocycles. The molecule has 0 spiro atoms. The summed E-state index contributed by atoms with van der Waals surface area (Å²) in [6, 6.07) is 1.63. The van der Waals surface area contributed by atoms with E-state index in [0.29, 0.717) is 0 Å². The highest BCUT2D eigenvalue weighted by Crippen LogP contribution is 2.33. The standard InChI is InChI=1S/C8H6N2O7/c1-17-4-2-5(9(13)14)7(8(11)12)6(3-4)10(15)16/h2-3H,1H3,(H,11,12). The van der Waals surface area contributed by atoms with Crippen molar-refractivity contribution in [2.24, 2.45) is 0 Å². The molecule has 0 aliphatic heterocycles. The molecule has 0 atom stereocenters. The fraction of sp³-hybridized carbons (Fsp3) is 0.125. The molecule has 90 valence electrons. The van der Waals surface area contributed by atoms with Crippen molar-refractivity contribution >= 4 is 17.3 Å². The zero-order chi connectivity index (χ0) is 13.2. The minimum atomic E-state index is -1.74. The zero-order valence-corrected chi connectivity index (χ0v) is 8.45. The van der Waals surface area contributed by atoms with Crippen LogP contribution in [0.1, 0.15) is 10.4 Å². The molecule has 0 bridgehead atoms. The molecular formula is C8H6N2O7. The van der Waals surface area contributed by atoms with Crippen LogP contribution in [0.3, 0.4) is 0 Å². The lowest BCUT2D eigenvalue weighted by molar-refractivity contribution is -0.394. The average molecular weight is 242 g/mol. The van der Waals surface area contributed by atoms with E-state index in [-0.39, 0.29) is 5.75 Å². The Labute approximate surface area is 93.5 Å². The average Bonchev–Trinajstić information content (AvgIpc) is 2.26. The first-order valence-electron chi connectivity index (χ1n) is 4.12. The quantitative estimate of drug-likeness (QED) is 0.619. The predicted molar refractivity (Wildman–Crippen MR) is 53.3 cm³/mol. The SMILES string of the molecule is COc1cc([N+](=O)[O-])c(C(=O)O)c([N+](=O)[O-])c1. The summed E-state index contributed by atoms with van der Waals surface area (Å²) < 4.78 is 4.63. The Morgan fingerprint density at radius 1 is 1.24 bits per heavy atom. The number of nitro groups is 2. The maximum Gasteiger partial charge on any atom is 0.349 e. The Morgan fingerprint density at radius 3 is 1.88 bits per heavy atom. The lowest BCUT2D eigenvalue weighted by Gasteiger charge is -2.03. The number of rotatable bonds is 4. The van der Waals surface area contributed by atoms with Crippen LogP contribution in [0, 0.1) is 20.2 Å². The Morgan fingerprint density at radius 2 is 1.65 bits per heavy atom. The molecule has 0 aliphatic rings. The third-order valence-electron chi connectivity index (χ3n) is 1.91. The summed E-state index contributed by atoms with van der Waals surface area (Å²) in [5.74, 6) is -1.90. The van der Waals surface area contributed by atoms with Crippen LogP contribution in [0.4, 0.5) is 11.4 Å². The second-order valence-corrected chi connectivity index (χ2v) is 2.86.